The summed E-state index contributed by atoms with van der Waals surface area (Å²) in [6, 6.07) is 48.4. The van der Waals surface area contributed by atoms with Gasteiger partial charge in [0.05, 0.1) is 0 Å². The molecule has 1 aliphatic heterocycles. The predicted octanol–water partition coefficient (Wildman–Crippen LogP) is 10.9. The minimum Gasteiger partial charge on any atom is -0.456 e. The SMILES string of the molecule is c1ccc2c(-c3ccc4c(c3)-c3cccc5cccc(c35)O4)c3c4ccccc4c4ccccc4c3cc2c1. The number of fused-ring (bicyclic) bond motifs is 9. The summed E-state index contributed by atoms with van der Waals surface area (Å²) in [7, 11) is 0. The van der Waals surface area contributed by atoms with Crippen molar-refractivity contribution in [3.63, 3.8) is 0 Å². The zero-order chi connectivity index (χ0) is 25.5. The zero-order valence-corrected chi connectivity index (χ0v) is 21.1. The number of benzene rings is 8. The molecule has 8 aromatic carbocycles. The van der Waals surface area contributed by atoms with Crippen LogP contribution in [0.25, 0.3) is 76.1 Å². The molecule has 180 valence electrons. The fraction of sp³-hybridized carbons (Fsp3) is 0. The highest BCUT2D eigenvalue weighted by Crippen LogP contribution is 2.49. The van der Waals surface area contributed by atoms with Crippen molar-refractivity contribution in [2.45, 2.75) is 0 Å². The lowest BCUT2D eigenvalue weighted by Crippen LogP contribution is -1.97. The highest BCUT2D eigenvalue weighted by molar-refractivity contribution is 6.32. The molecule has 8 aromatic rings. The van der Waals surface area contributed by atoms with Gasteiger partial charge in [-0.15, -0.1) is 0 Å². The first-order valence-electron chi connectivity index (χ1n) is 13.4. The number of hydrogen-bond donors (Lipinski definition) is 0. The Labute approximate surface area is 225 Å². The molecule has 1 aliphatic rings. The second-order valence-electron chi connectivity index (χ2n) is 10.5. The van der Waals surface area contributed by atoms with Crippen LogP contribution in [0.2, 0.25) is 0 Å². The van der Waals surface area contributed by atoms with E-state index in [1.165, 1.54) is 70.6 Å². The van der Waals surface area contributed by atoms with Gasteiger partial charge in [-0.25, -0.2) is 0 Å². The summed E-state index contributed by atoms with van der Waals surface area (Å²) >= 11 is 0. The van der Waals surface area contributed by atoms with Gasteiger partial charge in [0.15, 0.2) is 0 Å². The molecule has 0 amide bonds. The Balaban J connectivity index is 1.46. The quantitative estimate of drug-likeness (QED) is 0.163. The molecule has 0 radical (unpaired) electrons. The van der Waals surface area contributed by atoms with E-state index in [0.29, 0.717) is 0 Å². The van der Waals surface area contributed by atoms with Crippen LogP contribution >= 0.6 is 0 Å². The molecule has 0 fully saturated rings. The Morgan fingerprint density at radius 1 is 0.359 bits per heavy atom. The van der Waals surface area contributed by atoms with Gasteiger partial charge in [-0.1, -0.05) is 109 Å². The van der Waals surface area contributed by atoms with E-state index < -0.39 is 0 Å². The topological polar surface area (TPSA) is 9.23 Å². The summed E-state index contributed by atoms with van der Waals surface area (Å²) in [5, 5.41) is 12.7. The molecule has 0 unspecified atom stereocenters. The van der Waals surface area contributed by atoms with E-state index in [1.54, 1.807) is 0 Å². The van der Waals surface area contributed by atoms with E-state index in [4.69, 9.17) is 4.74 Å². The Morgan fingerprint density at radius 2 is 1.00 bits per heavy atom. The molecule has 0 saturated heterocycles. The molecule has 0 aliphatic carbocycles. The van der Waals surface area contributed by atoms with Gasteiger partial charge in [0.25, 0.3) is 0 Å². The van der Waals surface area contributed by atoms with Crippen LogP contribution < -0.4 is 4.74 Å². The Kier molecular flexibility index (Phi) is 4.11. The smallest absolute Gasteiger partial charge is 0.135 e. The first-order valence-corrected chi connectivity index (χ1v) is 13.4. The van der Waals surface area contributed by atoms with Crippen LogP contribution in [0.15, 0.2) is 133 Å². The largest absolute Gasteiger partial charge is 0.456 e. The standard InChI is InChI=1S/C38H22O/c1-2-12-26-24(9-1)21-33-29-15-4-3-13-27(29)28-14-5-6-16-30(28)38(33)37(26)25-19-20-34-32(22-25)31-17-7-10-23-11-8-18-35(39-34)36(23)31/h1-22H. The van der Waals surface area contributed by atoms with Crippen molar-refractivity contribution in [3.05, 3.63) is 133 Å². The van der Waals surface area contributed by atoms with Gasteiger partial charge in [0.2, 0.25) is 0 Å². The minimum atomic E-state index is 0.907. The van der Waals surface area contributed by atoms with Crippen molar-refractivity contribution in [1.29, 1.82) is 0 Å². The number of ether oxygens (including phenoxy) is 1. The normalized spacial score (nSPS) is 12.3. The third kappa shape index (κ3) is 2.85. The number of hydrogen-bond acceptors (Lipinski definition) is 1. The maximum atomic E-state index is 6.44. The van der Waals surface area contributed by atoms with E-state index in [2.05, 4.69) is 133 Å². The molecule has 1 nitrogen and oxygen atoms in total. The molecule has 0 aromatic heterocycles. The summed E-state index contributed by atoms with van der Waals surface area (Å²) in [6.07, 6.45) is 0. The van der Waals surface area contributed by atoms with E-state index >= 15 is 0 Å². The summed E-state index contributed by atoms with van der Waals surface area (Å²) in [5.74, 6) is 1.83. The van der Waals surface area contributed by atoms with Gasteiger partial charge in [-0.2, -0.15) is 0 Å². The average Bonchev–Trinajstić information content (AvgIpc) is 3.00. The monoisotopic (exact) mass is 494 g/mol. The molecular formula is C38H22O. The van der Waals surface area contributed by atoms with Crippen molar-refractivity contribution in [1.82, 2.24) is 0 Å². The molecule has 0 saturated carbocycles. The van der Waals surface area contributed by atoms with Gasteiger partial charge in [-0.05, 0) is 89.4 Å². The third-order valence-corrected chi connectivity index (χ3v) is 8.40. The maximum Gasteiger partial charge on any atom is 0.135 e. The van der Waals surface area contributed by atoms with Crippen molar-refractivity contribution in [3.8, 4) is 33.8 Å². The second-order valence-corrected chi connectivity index (χ2v) is 10.5. The second kappa shape index (κ2) is 7.69. The zero-order valence-electron chi connectivity index (χ0n) is 21.1. The summed E-state index contributed by atoms with van der Waals surface area (Å²) in [5.41, 5.74) is 4.85. The van der Waals surface area contributed by atoms with Crippen molar-refractivity contribution >= 4 is 53.9 Å². The van der Waals surface area contributed by atoms with Crippen LogP contribution in [0.1, 0.15) is 0 Å². The fourth-order valence-corrected chi connectivity index (χ4v) is 6.75. The molecule has 1 heteroatoms. The predicted molar refractivity (Wildman–Crippen MR) is 165 cm³/mol. The summed E-state index contributed by atoms with van der Waals surface area (Å²) < 4.78 is 6.44. The Bertz CT molecular complexity index is 2300. The average molecular weight is 495 g/mol. The highest BCUT2D eigenvalue weighted by Gasteiger charge is 2.22. The maximum absolute atomic E-state index is 6.44. The first-order chi connectivity index (χ1) is 19.3. The molecule has 0 N–H and O–H groups in total. The van der Waals surface area contributed by atoms with E-state index in [9.17, 15) is 0 Å². The summed E-state index contributed by atoms with van der Waals surface area (Å²) in [6.45, 7) is 0. The van der Waals surface area contributed by atoms with Crippen LogP contribution in [0.5, 0.6) is 11.5 Å². The van der Waals surface area contributed by atoms with Gasteiger partial charge >= 0.3 is 0 Å². The van der Waals surface area contributed by atoms with Gasteiger partial charge in [0.1, 0.15) is 11.5 Å². The van der Waals surface area contributed by atoms with Crippen molar-refractivity contribution < 1.29 is 4.74 Å². The van der Waals surface area contributed by atoms with Crippen LogP contribution in [0.4, 0.5) is 0 Å². The summed E-state index contributed by atoms with van der Waals surface area (Å²) in [4.78, 5) is 0. The van der Waals surface area contributed by atoms with Gasteiger partial charge in [0, 0.05) is 10.9 Å². The van der Waals surface area contributed by atoms with Gasteiger partial charge < -0.3 is 4.74 Å². The van der Waals surface area contributed by atoms with E-state index in [1.807, 2.05) is 0 Å². The highest BCUT2D eigenvalue weighted by atomic mass is 16.5. The molecule has 0 spiro atoms. The lowest BCUT2D eigenvalue weighted by atomic mass is 9.85. The first kappa shape index (κ1) is 20.9. The van der Waals surface area contributed by atoms with Crippen LogP contribution in [-0.2, 0) is 0 Å². The Morgan fingerprint density at radius 3 is 1.82 bits per heavy atom. The third-order valence-electron chi connectivity index (χ3n) is 8.40. The fourth-order valence-electron chi connectivity index (χ4n) is 6.75. The molecule has 39 heavy (non-hydrogen) atoms. The molecular weight excluding hydrogens is 472 g/mol. The lowest BCUT2D eigenvalue weighted by molar-refractivity contribution is 0.487. The number of rotatable bonds is 1. The van der Waals surface area contributed by atoms with Crippen LogP contribution in [0, 0.1) is 0 Å². The van der Waals surface area contributed by atoms with Crippen molar-refractivity contribution in [2.24, 2.45) is 0 Å². The van der Waals surface area contributed by atoms with E-state index in [0.717, 1.165) is 17.1 Å². The molecule has 9 rings (SSSR count). The van der Waals surface area contributed by atoms with Crippen molar-refractivity contribution in [2.75, 3.05) is 0 Å². The van der Waals surface area contributed by atoms with Crippen LogP contribution in [0.3, 0.4) is 0 Å². The molecule has 1 heterocycles. The van der Waals surface area contributed by atoms with Crippen LogP contribution in [-0.4, -0.2) is 0 Å². The molecule has 0 bridgehead atoms. The minimum absolute atomic E-state index is 0.907. The Hall–Kier alpha value is -5.14. The lowest BCUT2D eigenvalue weighted by Gasteiger charge is -2.23. The van der Waals surface area contributed by atoms with Gasteiger partial charge in [-0.3, -0.25) is 0 Å². The molecule has 0 atom stereocenters. The van der Waals surface area contributed by atoms with E-state index in [-0.39, 0.29) is 0 Å².